The van der Waals surface area contributed by atoms with Gasteiger partial charge in [0.1, 0.15) is 5.82 Å². The summed E-state index contributed by atoms with van der Waals surface area (Å²) >= 11 is 0. The Morgan fingerprint density at radius 3 is 3.06 bits per heavy atom. The molecule has 0 saturated heterocycles. The van der Waals surface area contributed by atoms with E-state index in [1.54, 1.807) is 0 Å². The Morgan fingerprint density at radius 1 is 1.59 bits per heavy atom. The number of aromatic nitrogens is 3. The van der Waals surface area contributed by atoms with Crippen molar-refractivity contribution in [3.63, 3.8) is 0 Å². The highest BCUT2D eigenvalue weighted by Gasteiger charge is 2.20. The zero-order valence-corrected chi connectivity index (χ0v) is 10.0. The molecule has 1 aliphatic rings. The van der Waals surface area contributed by atoms with Crippen molar-refractivity contribution in [2.24, 2.45) is 5.92 Å². The van der Waals surface area contributed by atoms with E-state index in [9.17, 15) is 4.79 Å². The Labute approximate surface area is 100 Å². The first-order valence-corrected chi connectivity index (χ1v) is 6.06. The van der Waals surface area contributed by atoms with Gasteiger partial charge in [0.25, 0.3) is 5.91 Å². The van der Waals surface area contributed by atoms with Crippen LogP contribution >= 0.6 is 0 Å². The molecule has 0 bridgehead atoms. The third-order valence-corrected chi connectivity index (χ3v) is 2.65. The van der Waals surface area contributed by atoms with Crippen molar-refractivity contribution in [1.82, 2.24) is 20.5 Å². The number of ether oxygens (including phenoxy) is 1. The van der Waals surface area contributed by atoms with E-state index in [2.05, 4.69) is 20.5 Å². The van der Waals surface area contributed by atoms with Gasteiger partial charge >= 0.3 is 0 Å². The number of carbonyl (C=O) groups excluding carboxylic acids is 1. The maximum absolute atomic E-state index is 11.6. The van der Waals surface area contributed by atoms with Crippen LogP contribution in [0, 0.1) is 5.92 Å². The van der Waals surface area contributed by atoms with Gasteiger partial charge in [-0.1, -0.05) is 6.92 Å². The number of aromatic amines is 1. The van der Waals surface area contributed by atoms with Crippen LogP contribution in [0.2, 0.25) is 0 Å². The zero-order valence-electron chi connectivity index (χ0n) is 10.0. The van der Waals surface area contributed by atoms with Gasteiger partial charge in [0.2, 0.25) is 5.82 Å². The van der Waals surface area contributed by atoms with Crippen molar-refractivity contribution < 1.29 is 9.53 Å². The lowest BCUT2D eigenvalue weighted by Crippen LogP contribution is -2.28. The minimum absolute atomic E-state index is 0.198. The van der Waals surface area contributed by atoms with Gasteiger partial charge in [-0.3, -0.25) is 9.89 Å². The van der Waals surface area contributed by atoms with Crippen LogP contribution < -0.4 is 5.32 Å². The number of aryl methyl sites for hydroxylation is 1. The maximum Gasteiger partial charge on any atom is 0.291 e. The minimum Gasteiger partial charge on any atom is -0.379 e. The van der Waals surface area contributed by atoms with Crippen molar-refractivity contribution in [2.45, 2.75) is 26.2 Å². The number of hydrogen-bond acceptors (Lipinski definition) is 4. The molecule has 1 aromatic heterocycles. The number of hydrogen-bond donors (Lipinski definition) is 2. The topological polar surface area (TPSA) is 79.9 Å². The smallest absolute Gasteiger partial charge is 0.291 e. The largest absolute Gasteiger partial charge is 0.379 e. The second kappa shape index (κ2) is 5.77. The highest BCUT2D eigenvalue weighted by molar-refractivity contribution is 5.90. The zero-order chi connectivity index (χ0) is 12.1. The molecule has 1 aromatic rings. The maximum atomic E-state index is 11.6. The van der Waals surface area contributed by atoms with E-state index in [0.29, 0.717) is 13.2 Å². The lowest BCUT2D eigenvalue weighted by Gasteiger charge is -2.03. The van der Waals surface area contributed by atoms with Crippen LogP contribution in [0.15, 0.2) is 0 Å². The second-order valence-corrected chi connectivity index (χ2v) is 4.23. The predicted octanol–water partition coefficient (Wildman–Crippen LogP) is 0.523. The fraction of sp³-hybridized carbons (Fsp3) is 0.727. The molecule has 1 saturated carbocycles. The van der Waals surface area contributed by atoms with Crippen molar-refractivity contribution in [3.05, 3.63) is 11.6 Å². The summed E-state index contributed by atoms with van der Waals surface area (Å²) in [5, 5.41) is 9.26. The van der Waals surface area contributed by atoms with Crippen LogP contribution in [0.25, 0.3) is 0 Å². The molecule has 1 aliphatic carbocycles. The number of H-pyrrole nitrogens is 1. The van der Waals surface area contributed by atoms with E-state index in [1.807, 2.05) is 6.92 Å². The molecule has 0 radical (unpaired) electrons. The second-order valence-electron chi connectivity index (χ2n) is 4.23. The molecule has 6 nitrogen and oxygen atoms in total. The van der Waals surface area contributed by atoms with E-state index in [-0.39, 0.29) is 11.7 Å². The first-order valence-electron chi connectivity index (χ1n) is 6.06. The molecule has 1 fully saturated rings. The van der Waals surface area contributed by atoms with Crippen LogP contribution in [-0.2, 0) is 11.2 Å². The first-order chi connectivity index (χ1) is 8.29. The highest BCUT2D eigenvalue weighted by atomic mass is 16.5. The average Bonchev–Trinajstić information content (AvgIpc) is 3.03. The number of carbonyl (C=O) groups is 1. The van der Waals surface area contributed by atoms with E-state index in [1.165, 1.54) is 12.8 Å². The van der Waals surface area contributed by atoms with Crippen LogP contribution in [0.3, 0.4) is 0 Å². The Morgan fingerprint density at radius 2 is 2.41 bits per heavy atom. The summed E-state index contributed by atoms with van der Waals surface area (Å²) in [7, 11) is 0. The van der Waals surface area contributed by atoms with Crippen molar-refractivity contribution in [2.75, 3.05) is 19.8 Å². The van der Waals surface area contributed by atoms with Gasteiger partial charge in [-0.15, -0.1) is 5.10 Å². The number of amides is 1. The van der Waals surface area contributed by atoms with Crippen LogP contribution in [0.5, 0.6) is 0 Å². The van der Waals surface area contributed by atoms with Gasteiger partial charge in [-0.25, -0.2) is 4.98 Å². The average molecular weight is 238 g/mol. The summed E-state index contributed by atoms with van der Waals surface area (Å²) in [4.78, 5) is 15.6. The summed E-state index contributed by atoms with van der Waals surface area (Å²) in [5.41, 5.74) is 0. The molecule has 0 atom stereocenters. The molecule has 94 valence electrons. The van der Waals surface area contributed by atoms with Gasteiger partial charge in [-0.2, -0.15) is 0 Å². The van der Waals surface area contributed by atoms with Crippen LogP contribution in [-0.4, -0.2) is 40.8 Å². The SMILES string of the molecule is CCc1nc(C(=O)NCCOCC2CC2)n[nH]1. The molecule has 0 unspecified atom stereocenters. The molecule has 6 heteroatoms. The van der Waals surface area contributed by atoms with Crippen LogP contribution in [0.1, 0.15) is 36.2 Å². The lowest BCUT2D eigenvalue weighted by molar-refractivity contribution is 0.0897. The van der Waals surface area contributed by atoms with Crippen LogP contribution in [0.4, 0.5) is 0 Å². The van der Waals surface area contributed by atoms with Gasteiger partial charge in [0.05, 0.1) is 6.61 Å². The standard InChI is InChI=1S/C11H18N4O2/c1-2-9-13-10(15-14-9)11(16)12-5-6-17-7-8-3-4-8/h8H,2-7H2,1H3,(H,12,16)(H,13,14,15). The summed E-state index contributed by atoms with van der Waals surface area (Å²) < 4.78 is 5.41. The molecule has 1 heterocycles. The molecule has 0 aromatic carbocycles. The minimum atomic E-state index is -0.254. The third-order valence-electron chi connectivity index (χ3n) is 2.65. The van der Waals surface area contributed by atoms with Gasteiger partial charge in [0.15, 0.2) is 0 Å². The lowest BCUT2D eigenvalue weighted by atomic mass is 10.4. The van der Waals surface area contributed by atoms with E-state index >= 15 is 0 Å². The van der Waals surface area contributed by atoms with Gasteiger partial charge < -0.3 is 10.1 Å². The fourth-order valence-electron chi connectivity index (χ4n) is 1.41. The molecule has 0 spiro atoms. The Hall–Kier alpha value is -1.43. The predicted molar refractivity (Wildman–Crippen MR) is 61.6 cm³/mol. The van der Waals surface area contributed by atoms with Crippen molar-refractivity contribution in [3.8, 4) is 0 Å². The highest BCUT2D eigenvalue weighted by Crippen LogP contribution is 2.28. The van der Waals surface area contributed by atoms with E-state index in [0.717, 1.165) is 24.8 Å². The molecular weight excluding hydrogens is 220 g/mol. The molecular formula is C11H18N4O2. The summed E-state index contributed by atoms with van der Waals surface area (Å²) in [6.45, 7) is 3.82. The van der Waals surface area contributed by atoms with E-state index in [4.69, 9.17) is 4.74 Å². The number of rotatable bonds is 7. The molecule has 17 heavy (non-hydrogen) atoms. The molecule has 1 amide bonds. The molecule has 2 N–H and O–H groups in total. The fourth-order valence-corrected chi connectivity index (χ4v) is 1.41. The number of nitrogens with one attached hydrogen (secondary N) is 2. The van der Waals surface area contributed by atoms with Gasteiger partial charge in [-0.05, 0) is 18.8 Å². The Balaban J connectivity index is 1.62. The summed E-state index contributed by atoms with van der Waals surface area (Å²) in [6, 6.07) is 0. The number of nitrogens with zero attached hydrogens (tertiary/aromatic N) is 2. The summed E-state index contributed by atoms with van der Waals surface area (Å²) in [6.07, 6.45) is 3.30. The molecule has 0 aliphatic heterocycles. The third kappa shape index (κ3) is 3.81. The monoisotopic (exact) mass is 238 g/mol. The van der Waals surface area contributed by atoms with Crippen molar-refractivity contribution >= 4 is 5.91 Å². The Kier molecular flexibility index (Phi) is 4.08. The van der Waals surface area contributed by atoms with Gasteiger partial charge in [0, 0.05) is 19.6 Å². The quantitative estimate of drug-likeness (QED) is 0.679. The normalized spacial score (nSPS) is 14.9. The summed E-state index contributed by atoms with van der Waals surface area (Å²) in [5.74, 6) is 1.42. The Bertz CT molecular complexity index is 373. The molecule has 2 rings (SSSR count). The first kappa shape index (κ1) is 12.0. The van der Waals surface area contributed by atoms with Crippen molar-refractivity contribution in [1.29, 1.82) is 0 Å². The van der Waals surface area contributed by atoms with E-state index < -0.39 is 0 Å².